The normalized spacial score (nSPS) is 15.8. The van der Waals surface area contributed by atoms with Crippen molar-refractivity contribution in [1.82, 2.24) is 15.2 Å². The molecule has 0 saturated carbocycles. The van der Waals surface area contributed by atoms with Crippen LogP contribution in [0.15, 0.2) is 109 Å². The van der Waals surface area contributed by atoms with E-state index in [1.54, 1.807) is 30.5 Å². The third-order valence-corrected chi connectivity index (χ3v) is 11.9. The largest absolute Gasteiger partial charge is 0.489 e. The van der Waals surface area contributed by atoms with Crippen LogP contribution in [0.4, 0.5) is 19.3 Å². The average molecular weight is 894 g/mol. The Bertz CT molecular complexity index is 2720. The molecule has 322 valence electrons. The van der Waals surface area contributed by atoms with Crippen LogP contribution in [0, 0.1) is 25.5 Å². The highest BCUT2D eigenvalue weighted by atomic mass is 35.5. The Hall–Kier alpha value is -6.70. The molecule has 15 heteroatoms. The second-order valence-electron chi connectivity index (χ2n) is 15.4. The number of hydrogen-bond donors (Lipinski definition) is 3. The predicted molar refractivity (Wildman–Crippen MR) is 233 cm³/mol. The molecule has 3 amide bonds. The molecule has 11 nitrogen and oxygen atoms in total. The van der Waals surface area contributed by atoms with Gasteiger partial charge < -0.3 is 34.9 Å². The van der Waals surface area contributed by atoms with E-state index in [-0.39, 0.29) is 38.3 Å². The van der Waals surface area contributed by atoms with Crippen molar-refractivity contribution in [2.24, 2.45) is 0 Å². The number of carbonyl (C=O) groups is 3. The second-order valence-corrected chi connectivity index (χ2v) is 16.2. The summed E-state index contributed by atoms with van der Waals surface area (Å²) in [7, 11) is 0. The lowest BCUT2D eigenvalue weighted by Crippen LogP contribution is -2.56. The van der Waals surface area contributed by atoms with Crippen LogP contribution in [0.3, 0.4) is 0 Å². The van der Waals surface area contributed by atoms with Crippen molar-refractivity contribution in [1.29, 1.82) is 0 Å². The van der Waals surface area contributed by atoms with Crippen LogP contribution in [0.25, 0.3) is 11.1 Å². The zero-order valence-electron chi connectivity index (χ0n) is 34.0. The summed E-state index contributed by atoms with van der Waals surface area (Å²) in [5.41, 5.74) is 7.51. The molecular formula is C48H40Cl2F2N4O7. The standard InChI is InChI=1S/C48H40Cl2F2N4O7/c1-26-27(2)53-16-15-36(26)30-6-3-28(4-7-30)18-41(47(58)59)55-46(57)42-19-32-20-43-44(21-33(32)23-56(42)48(60)54-34-10-14-39(51)40(52)22-34)63-45(25-62-43)31-8-11-35(12-9-31)61-24-29-5-13-37(49)38(50)17-29/h3-17,20-22,41-42,45H,18-19,23-25H2,1-2H3,(H,54,60)(H,55,57)(H,58,59)/t41-,42-,45+/m0/s1. The number of ether oxygens (including phenoxy) is 3. The van der Waals surface area contributed by atoms with Crippen LogP contribution in [-0.2, 0) is 35.6 Å². The topological polar surface area (TPSA) is 139 Å². The van der Waals surface area contributed by atoms with Gasteiger partial charge in [0.2, 0.25) is 5.91 Å². The van der Waals surface area contributed by atoms with Crippen LogP contribution in [0.5, 0.6) is 17.2 Å². The van der Waals surface area contributed by atoms with Crippen molar-refractivity contribution >= 4 is 46.8 Å². The van der Waals surface area contributed by atoms with Crippen molar-refractivity contribution < 1.29 is 42.5 Å². The number of carboxylic acid groups (broad SMARTS) is 1. The van der Waals surface area contributed by atoms with Gasteiger partial charge in [0.25, 0.3) is 0 Å². The van der Waals surface area contributed by atoms with Crippen molar-refractivity contribution in [3.8, 4) is 28.4 Å². The lowest BCUT2D eigenvalue weighted by molar-refractivity contribution is -0.142. The summed E-state index contributed by atoms with van der Waals surface area (Å²) in [5, 5.41) is 16.4. The molecule has 0 radical (unpaired) electrons. The quantitative estimate of drug-likeness (QED) is 0.117. The molecule has 1 aromatic heterocycles. The Morgan fingerprint density at radius 2 is 1.62 bits per heavy atom. The van der Waals surface area contributed by atoms with Gasteiger partial charge in [-0.2, -0.15) is 0 Å². The summed E-state index contributed by atoms with van der Waals surface area (Å²) in [6.45, 7) is 4.28. The fraction of sp³-hybridized carbons (Fsp3) is 0.208. The first-order valence-corrected chi connectivity index (χ1v) is 20.7. The first-order chi connectivity index (χ1) is 30.3. The zero-order valence-corrected chi connectivity index (χ0v) is 35.5. The van der Waals surface area contributed by atoms with Gasteiger partial charge in [0, 0.05) is 43.0 Å². The molecule has 0 unspecified atom stereocenters. The van der Waals surface area contributed by atoms with Gasteiger partial charge in [-0.25, -0.2) is 18.4 Å². The number of aryl methyl sites for hydroxylation is 1. The highest BCUT2D eigenvalue weighted by Gasteiger charge is 2.38. The minimum atomic E-state index is -1.34. The maximum Gasteiger partial charge on any atom is 0.326 e. The van der Waals surface area contributed by atoms with E-state index in [1.165, 1.54) is 11.0 Å². The van der Waals surface area contributed by atoms with E-state index in [9.17, 15) is 28.3 Å². The summed E-state index contributed by atoms with van der Waals surface area (Å²) in [6.07, 6.45) is 1.21. The van der Waals surface area contributed by atoms with Gasteiger partial charge in [0.1, 0.15) is 31.0 Å². The third-order valence-electron chi connectivity index (χ3n) is 11.2. The molecule has 63 heavy (non-hydrogen) atoms. The molecule has 0 fully saturated rings. The Labute approximate surface area is 371 Å². The van der Waals surface area contributed by atoms with Gasteiger partial charge in [0.15, 0.2) is 29.2 Å². The lowest BCUT2D eigenvalue weighted by Gasteiger charge is -2.37. The first kappa shape index (κ1) is 43.0. The Morgan fingerprint density at radius 3 is 2.35 bits per heavy atom. The number of aromatic nitrogens is 1. The monoisotopic (exact) mass is 892 g/mol. The summed E-state index contributed by atoms with van der Waals surface area (Å²) >= 11 is 12.2. The highest BCUT2D eigenvalue weighted by molar-refractivity contribution is 6.42. The average Bonchev–Trinajstić information content (AvgIpc) is 3.27. The SMILES string of the molecule is Cc1nccc(-c2ccc(C[C@H](NC(=O)[C@@H]3Cc4cc5c(cc4CN3C(=O)Nc3ccc(F)c(F)c3)O[C@@H](c3ccc(OCc4ccc(Cl)c(Cl)c4)cc3)CO5)C(=O)O)cc2)c1C. The van der Waals surface area contributed by atoms with E-state index in [4.69, 9.17) is 37.4 Å². The second kappa shape index (κ2) is 18.3. The smallest absolute Gasteiger partial charge is 0.326 e. The van der Waals surface area contributed by atoms with Crippen LogP contribution < -0.4 is 24.8 Å². The van der Waals surface area contributed by atoms with Crippen LogP contribution in [-0.4, -0.2) is 51.6 Å². The predicted octanol–water partition coefficient (Wildman–Crippen LogP) is 9.81. The number of carboxylic acids is 1. The van der Waals surface area contributed by atoms with Gasteiger partial charge >= 0.3 is 12.0 Å². The number of anilines is 1. The number of amides is 3. The zero-order chi connectivity index (χ0) is 44.4. The van der Waals surface area contributed by atoms with Crippen molar-refractivity contribution in [2.75, 3.05) is 11.9 Å². The number of carbonyl (C=O) groups excluding carboxylic acids is 2. The molecule has 8 rings (SSSR count). The summed E-state index contributed by atoms with van der Waals surface area (Å²) < 4.78 is 46.4. The Kier molecular flexibility index (Phi) is 12.5. The molecule has 3 N–H and O–H groups in total. The number of urea groups is 1. The van der Waals surface area contributed by atoms with Gasteiger partial charge in [-0.1, -0.05) is 65.7 Å². The molecule has 6 aromatic rings. The number of fused-ring (bicyclic) bond motifs is 2. The van der Waals surface area contributed by atoms with E-state index >= 15 is 0 Å². The maximum absolute atomic E-state index is 14.2. The molecule has 0 bridgehead atoms. The number of nitrogens with one attached hydrogen (secondary N) is 2. The molecule has 0 saturated heterocycles. The van der Waals surface area contributed by atoms with E-state index in [0.717, 1.165) is 45.6 Å². The van der Waals surface area contributed by atoms with Crippen molar-refractivity contribution in [2.45, 2.75) is 58.0 Å². The van der Waals surface area contributed by atoms with E-state index in [0.29, 0.717) is 44.0 Å². The van der Waals surface area contributed by atoms with Gasteiger partial charge in [0.05, 0.1) is 10.0 Å². The van der Waals surface area contributed by atoms with Crippen molar-refractivity contribution in [3.63, 3.8) is 0 Å². The number of halogens is 4. The fourth-order valence-electron chi connectivity index (χ4n) is 7.58. The van der Waals surface area contributed by atoms with Crippen molar-refractivity contribution in [3.05, 3.63) is 170 Å². The molecule has 5 aromatic carbocycles. The summed E-state index contributed by atoms with van der Waals surface area (Å²) in [6, 6.07) is 25.1. The maximum atomic E-state index is 14.2. The Balaban J connectivity index is 0.993. The molecule has 0 aliphatic carbocycles. The van der Waals surface area contributed by atoms with Crippen LogP contribution in [0.2, 0.25) is 10.0 Å². The van der Waals surface area contributed by atoms with Gasteiger partial charge in [-0.15, -0.1) is 0 Å². The van der Waals surface area contributed by atoms with E-state index in [1.807, 2.05) is 74.5 Å². The van der Waals surface area contributed by atoms with Gasteiger partial charge in [-0.05, 0) is 113 Å². The van der Waals surface area contributed by atoms with Crippen LogP contribution in [0.1, 0.15) is 45.2 Å². The lowest BCUT2D eigenvalue weighted by atomic mass is 9.92. The minimum Gasteiger partial charge on any atom is -0.489 e. The molecule has 3 heterocycles. The number of pyridine rings is 1. The molecule has 0 spiro atoms. The molecule has 3 atom stereocenters. The van der Waals surface area contributed by atoms with E-state index in [2.05, 4.69) is 15.6 Å². The molecule has 2 aliphatic rings. The van der Waals surface area contributed by atoms with E-state index < -0.39 is 47.7 Å². The highest BCUT2D eigenvalue weighted by Crippen LogP contribution is 2.41. The van der Waals surface area contributed by atoms with Gasteiger partial charge in [-0.3, -0.25) is 9.78 Å². The number of rotatable bonds is 11. The molecule has 2 aliphatic heterocycles. The fourth-order valence-corrected chi connectivity index (χ4v) is 7.90. The molecular weight excluding hydrogens is 853 g/mol. The third kappa shape index (κ3) is 9.69. The first-order valence-electron chi connectivity index (χ1n) is 20.0. The number of nitrogens with zero attached hydrogens (tertiary/aromatic N) is 2. The summed E-state index contributed by atoms with van der Waals surface area (Å²) in [4.78, 5) is 46.2. The minimum absolute atomic E-state index is 0.0120. The van der Waals surface area contributed by atoms with Crippen LogP contribution >= 0.6 is 23.2 Å². The number of hydrogen-bond acceptors (Lipinski definition) is 7. The Morgan fingerprint density at radius 1 is 0.873 bits per heavy atom. The number of benzene rings is 5. The summed E-state index contributed by atoms with van der Waals surface area (Å²) in [5.74, 6) is -2.75. The number of aliphatic carboxylic acids is 1.